The highest BCUT2D eigenvalue weighted by Crippen LogP contribution is 2.24. The van der Waals surface area contributed by atoms with Crippen LogP contribution in [0.5, 0.6) is 11.5 Å². The molecule has 1 heterocycles. The lowest BCUT2D eigenvalue weighted by atomic mass is 9.96. The number of guanidine groups is 3. The van der Waals surface area contributed by atoms with Crippen molar-refractivity contribution in [1.29, 1.82) is 16.2 Å². The second-order valence-corrected chi connectivity index (χ2v) is 36.5. The molecule has 20 atom stereocenters. The van der Waals surface area contributed by atoms with E-state index in [0.29, 0.717) is 12.0 Å². The number of phenols is 2. The van der Waals surface area contributed by atoms with Crippen LogP contribution in [0.4, 0.5) is 0 Å². The number of amides is 16. The lowest BCUT2D eigenvalue weighted by Gasteiger charge is -2.33. The summed E-state index contributed by atoms with van der Waals surface area (Å²) >= 11 is 8.88. The smallest absolute Gasteiger partial charge is 0.326 e. The zero-order valence-electron chi connectivity index (χ0n) is 79.8. The molecule has 3 rings (SSSR count). The number of aliphatic hydroxyl groups is 3. The topological polar surface area (TPSA) is 899 Å². The highest BCUT2D eigenvalue weighted by atomic mass is 32.1. The molecular formula is C86H145N29O23S2. The average Bonchev–Trinajstić information content (AvgIpc) is 1.69. The van der Waals surface area contributed by atoms with E-state index in [2.05, 4.69) is 116 Å². The lowest BCUT2D eigenvalue weighted by Crippen LogP contribution is -2.64. The molecule has 784 valence electrons. The van der Waals surface area contributed by atoms with Gasteiger partial charge in [0, 0.05) is 55.9 Å². The van der Waals surface area contributed by atoms with Gasteiger partial charge in [0.2, 0.25) is 94.5 Å². The van der Waals surface area contributed by atoms with E-state index >= 15 is 0 Å². The third kappa shape index (κ3) is 42.5. The van der Waals surface area contributed by atoms with Crippen LogP contribution in [0, 0.1) is 28.1 Å². The molecule has 16 amide bonds. The van der Waals surface area contributed by atoms with Crippen LogP contribution in [-0.2, 0) is 94.3 Å². The first kappa shape index (κ1) is 121. The van der Waals surface area contributed by atoms with E-state index in [4.69, 9.17) is 62.1 Å². The SMILES string of the molecule is CC[C@H](C)[C@H](NC(=O)[C@@H]1C[C@@H](O)CN1C(=O)[C@@H](N)C(C)C)C(=O)N[C@H](C(=O)N[C@@H](Cc1ccc(O)cc1)C(=O)N[C@H](C(=O)N[C@@H](CC(N)=O)C(=O)N[C@@H](CCCNC(=N)N)C(=O)N[C@@H](CCCNC(=N)N)C(=O)N[C@H](C(=O)N[C@H](CCN)C(=O)N[C@@H](CCCCN)C(=O)N[C@@H](CS)C(=O)N[C@@H](CCN)C(=O)N[C@@H](CCCNC(=N)N)C(=O)N[C@@H](Cc1ccc(O)cc1)C(=O)O)[C@@H](C)O)C(C)(C)S)[C@@H](C)O. The number of carboxylic acids is 1. The maximum Gasteiger partial charge on any atom is 0.326 e. The fraction of sp³-hybridized carbons (Fsp3) is 0.628. The zero-order chi connectivity index (χ0) is 106. The summed E-state index contributed by atoms with van der Waals surface area (Å²) in [5.74, 6) is -21.9. The van der Waals surface area contributed by atoms with E-state index < -0.39 is 269 Å². The molecule has 2 aromatic rings. The van der Waals surface area contributed by atoms with Crippen molar-refractivity contribution in [2.45, 2.75) is 278 Å². The molecule has 42 N–H and O–H groups in total. The molecule has 1 aliphatic heterocycles. The Morgan fingerprint density at radius 3 is 1.14 bits per heavy atom. The predicted octanol–water partition coefficient (Wildman–Crippen LogP) is -10.4. The van der Waals surface area contributed by atoms with Crippen LogP contribution in [0.15, 0.2) is 48.5 Å². The molecule has 0 aliphatic carbocycles. The van der Waals surface area contributed by atoms with Crippen molar-refractivity contribution in [3.8, 4) is 11.5 Å². The summed E-state index contributed by atoms with van der Waals surface area (Å²) in [5.41, 5.74) is 46.7. The summed E-state index contributed by atoms with van der Waals surface area (Å²) in [5, 5.41) is 128. The van der Waals surface area contributed by atoms with Crippen molar-refractivity contribution < 1.29 is 112 Å². The van der Waals surface area contributed by atoms with E-state index in [9.17, 15) is 112 Å². The summed E-state index contributed by atoms with van der Waals surface area (Å²) in [6, 6.07) is -15.4. The molecule has 0 bridgehead atoms. The second kappa shape index (κ2) is 61.0. The maximum absolute atomic E-state index is 14.9. The maximum atomic E-state index is 14.9. The average molecular weight is 2020 g/mol. The molecule has 0 aromatic heterocycles. The van der Waals surface area contributed by atoms with Gasteiger partial charge >= 0.3 is 5.97 Å². The third-order valence-corrected chi connectivity index (χ3v) is 23.1. The molecule has 0 radical (unpaired) electrons. The highest BCUT2D eigenvalue weighted by Gasteiger charge is 2.46. The van der Waals surface area contributed by atoms with Crippen LogP contribution >= 0.6 is 25.3 Å². The fourth-order valence-electron chi connectivity index (χ4n) is 14.3. The Kier molecular flexibility index (Phi) is 52.9. The van der Waals surface area contributed by atoms with E-state index in [1.165, 1.54) is 62.4 Å². The van der Waals surface area contributed by atoms with Crippen molar-refractivity contribution in [1.82, 2.24) is 95.3 Å². The highest BCUT2D eigenvalue weighted by molar-refractivity contribution is 7.81. The molecule has 1 aliphatic rings. The molecular weight excluding hydrogens is 1870 g/mol. The fourth-order valence-corrected chi connectivity index (χ4v) is 14.7. The number of hydrogen-bond acceptors (Lipinski definition) is 31. The van der Waals surface area contributed by atoms with Crippen LogP contribution in [0.2, 0.25) is 0 Å². The van der Waals surface area contributed by atoms with Gasteiger partial charge in [-0.1, -0.05) is 58.4 Å². The number of aliphatic hydroxyl groups excluding tert-OH is 3. The van der Waals surface area contributed by atoms with Gasteiger partial charge < -0.3 is 172 Å². The minimum Gasteiger partial charge on any atom is -0.508 e. The molecule has 54 heteroatoms. The van der Waals surface area contributed by atoms with Crippen molar-refractivity contribution >= 4 is 144 Å². The van der Waals surface area contributed by atoms with Gasteiger partial charge in [-0.25, -0.2) is 4.79 Å². The molecule has 0 saturated carbocycles. The lowest BCUT2D eigenvalue weighted by molar-refractivity contribution is -0.142. The molecule has 2 aromatic carbocycles. The van der Waals surface area contributed by atoms with Crippen LogP contribution in [-0.4, -0.2) is 325 Å². The van der Waals surface area contributed by atoms with Crippen molar-refractivity contribution in [2.24, 2.45) is 57.7 Å². The molecule has 52 nitrogen and oxygen atoms in total. The summed E-state index contributed by atoms with van der Waals surface area (Å²) in [7, 11) is 0. The first-order chi connectivity index (χ1) is 65.7. The van der Waals surface area contributed by atoms with Crippen molar-refractivity contribution in [3.63, 3.8) is 0 Å². The number of carboxylic acid groups (broad SMARTS) is 1. The summed E-state index contributed by atoms with van der Waals surface area (Å²) < 4.78 is -1.67. The van der Waals surface area contributed by atoms with Gasteiger partial charge in [-0.15, -0.1) is 0 Å². The molecule has 1 fully saturated rings. The zero-order valence-corrected chi connectivity index (χ0v) is 81.6. The number of nitrogens with zero attached hydrogens (tertiary/aromatic N) is 1. The number of carbonyl (C=O) groups is 17. The summed E-state index contributed by atoms with van der Waals surface area (Å²) in [6.07, 6.45) is -7.74. The van der Waals surface area contributed by atoms with Gasteiger partial charge in [0.1, 0.15) is 102 Å². The normalized spacial score (nSPS) is 16.8. The second-order valence-electron chi connectivity index (χ2n) is 35.0. The number of benzene rings is 2. The Bertz CT molecular complexity index is 4520. The van der Waals surface area contributed by atoms with Gasteiger partial charge in [0.25, 0.3) is 0 Å². The number of likely N-dealkylation sites (tertiary alicyclic amines) is 1. The summed E-state index contributed by atoms with van der Waals surface area (Å²) in [6.45, 7) is 10.7. The van der Waals surface area contributed by atoms with Crippen LogP contribution in [0.25, 0.3) is 0 Å². The first-order valence-corrected chi connectivity index (χ1v) is 46.9. The van der Waals surface area contributed by atoms with Crippen LogP contribution in [0.1, 0.15) is 156 Å². The van der Waals surface area contributed by atoms with E-state index in [1.807, 2.05) is 0 Å². The number of nitrogens with two attached hydrogens (primary N) is 8. The minimum absolute atomic E-state index is 0.0349. The Hall–Kier alpha value is -12.7. The molecule has 0 unspecified atom stereocenters. The number of unbranched alkanes of at least 4 members (excludes halogenated alkanes) is 1. The Morgan fingerprint density at radius 2 is 0.779 bits per heavy atom. The largest absolute Gasteiger partial charge is 0.508 e. The number of rotatable bonds is 63. The van der Waals surface area contributed by atoms with E-state index in [1.54, 1.807) is 27.7 Å². The van der Waals surface area contributed by atoms with Crippen molar-refractivity contribution in [3.05, 3.63) is 59.7 Å². The standard InChI is InChI=1S/C86H145N29O23S2/c1-9-42(4)63(111-76(131)60-37-49(120)39-115(60)81(136)62(91)41(2)3)77(132)113-65(44(6)117)79(134)107-56(35-45-19-23-47(118)24-20-45)74(129)114-66(86(7,8)140)80(135)108-57(38-61(90)121)73(128)104-51(16-12-32-98-83(92)93)67(122)103-53(18-14-34-100-85(96)97)72(127)112-64(43(5)116)78(133)106-55(28-31-89)71(126)101-50(15-10-11-29-87)69(124)110-59(40-139)75(130)105-54(27-30-88)70(125)102-52(17-13-33-99-84(94)95)68(123)109-58(82(137)138)36-46-21-25-48(119)26-22-46/h19-26,41-44,49-60,62-66,116-120,139-140H,9-18,27-40,87-89,91H2,1-8H3,(H2,90,121)(H,101,126)(H,102,125)(H,103,122)(H,104,128)(H,105,130)(H,106,133)(H,107,134)(H,108,135)(H,109,123)(H,110,124)(H,111,131)(H,112,127)(H,113,132)(H,114,129)(H,137,138)(H4,92,93,98)(H4,94,95,99)(H4,96,97,100)/t42-,43+,44+,49+,50-,51-,52-,53-,54-,55+,56-,57-,58-,59-,60-,62-,63-,64-,65-,66+/m0/s1. The number of hydrogen-bond donors (Lipinski definition) is 36. The van der Waals surface area contributed by atoms with Crippen LogP contribution in [0.3, 0.4) is 0 Å². The number of nitrogens with one attached hydrogen (secondary N) is 20. The predicted molar refractivity (Wildman–Crippen MR) is 518 cm³/mol. The number of aliphatic carboxylic acids is 1. The quantitative estimate of drug-likeness (QED) is 0.0127. The van der Waals surface area contributed by atoms with Gasteiger partial charge in [-0.3, -0.25) is 92.9 Å². The molecule has 0 spiro atoms. The van der Waals surface area contributed by atoms with Gasteiger partial charge in [-0.2, -0.15) is 25.3 Å². The number of phenolic OH excluding ortho intramolecular Hbond substituents is 2. The number of carbonyl (C=O) groups excluding carboxylic acids is 16. The Morgan fingerprint density at radius 1 is 0.443 bits per heavy atom. The number of thiol groups is 2. The van der Waals surface area contributed by atoms with E-state index in [0.717, 1.165) is 18.7 Å². The van der Waals surface area contributed by atoms with Crippen molar-refractivity contribution in [2.75, 3.05) is 51.6 Å². The molecule has 140 heavy (non-hydrogen) atoms. The Balaban J connectivity index is 1.99. The van der Waals surface area contributed by atoms with Gasteiger partial charge in [0.05, 0.1) is 30.8 Å². The number of primary amides is 1. The third-order valence-electron chi connectivity index (χ3n) is 22.5. The minimum atomic E-state index is -2.04. The van der Waals surface area contributed by atoms with Crippen LogP contribution < -0.4 is 136 Å². The summed E-state index contributed by atoms with van der Waals surface area (Å²) in [4.78, 5) is 242. The monoisotopic (exact) mass is 2020 g/mol. The Labute approximate surface area is 821 Å². The van der Waals surface area contributed by atoms with Gasteiger partial charge in [-0.05, 0) is 165 Å². The van der Waals surface area contributed by atoms with E-state index in [-0.39, 0.29) is 146 Å². The first-order valence-electron chi connectivity index (χ1n) is 45.8. The molecule has 1 saturated heterocycles. The van der Waals surface area contributed by atoms with Gasteiger partial charge in [0.15, 0.2) is 17.9 Å². The number of β-amino-alcohol motifs (C(OH)–C–C–N with tert-alkyl or cyclic N) is 1. The number of aromatic hydroxyl groups is 2.